The fraction of sp³-hybridized carbons (Fsp3) is 0.300. The fourth-order valence-corrected chi connectivity index (χ4v) is 5.27. The number of benzene rings is 3. The Labute approximate surface area is 212 Å². The molecule has 3 aromatic rings. The average Bonchev–Trinajstić information content (AvgIpc) is 3.23. The zero-order valence-electron chi connectivity index (χ0n) is 20.8. The van der Waals surface area contributed by atoms with Gasteiger partial charge in [-0.3, -0.25) is 14.6 Å². The summed E-state index contributed by atoms with van der Waals surface area (Å²) in [6.45, 7) is 2.26. The lowest BCUT2D eigenvalue weighted by Crippen LogP contribution is -2.50. The molecule has 0 aromatic heterocycles. The van der Waals surface area contributed by atoms with Gasteiger partial charge in [0.05, 0.1) is 12.3 Å². The molecule has 2 amide bonds. The van der Waals surface area contributed by atoms with Crippen molar-refractivity contribution >= 4 is 23.2 Å². The lowest BCUT2D eigenvalue weighted by atomic mass is 9.97. The van der Waals surface area contributed by atoms with Gasteiger partial charge < -0.3 is 15.5 Å². The van der Waals surface area contributed by atoms with Gasteiger partial charge in [-0.25, -0.2) is 0 Å². The van der Waals surface area contributed by atoms with Crippen molar-refractivity contribution in [3.05, 3.63) is 101 Å². The van der Waals surface area contributed by atoms with Gasteiger partial charge in [-0.15, -0.1) is 0 Å². The number of rotatable bonds is 6. The van der Waals surface area contributed by atoms with Crippen LogP contribution in [0, 0.1) is 0 Å². The van der Waals surface area contributed by atoms with Crippen molar-refractivity contribution in [2.24, 2.45) is 4.99 Å². The highest BCUT2D eigenvalue weighted by molar-refractivity contribution is 6.16. The Bertz CT molecular complexity index is 1290. The predicted molar refractivity (Wildman–Crippen MR) is 143 cm³/mol. The second kappa shape index (κ2) is 10.4. The highest BCUT2D eigenvalue weighted by Gasteiger charge is 2.28. The summed E-state index contributed by atoms with van der Waals surface area (Å²) in [6.07, 6.45) is 1.92. The molecule has 1 unspecified atom stereocenters. The van der Waals surface area contributed by atoms with Crippen LogP contribution in [-0.4, -0.2) is 43.3 Å². The van der Waals surface area contributed by atoms with E-state index in [-0.39, 0.29) is 17.7 Å². The van der Waals surface area contributed by atoms with Gasteiger partial charge in [-0.05, 0) is 42.9 Å². The van der Waals surface area contributed by atoms with Crippen molar-refractivity contribution in [2.45, 2.75) is 44.3 Å². The van der Waals surface area contributed by atoms with E-state index in [0.717, 1.165) is 35.4 Å². The molecule has 36 heavy (non-hydrogen) atoms. The third-order valence-corrected chi connectivity index (χ3v) is 7.12. The van der Waals surface area contributed by atoms with Crippen LogP contribution in [0.25, 0.3) is 0 Å². The number of nitrogens with zero attached hydrogens (tertiary/aromatic N) is 2. The maximum absolute atomic E-state index is 13.1. The van der Waals surface area contributed by atoms with Crippen molar-refractivity contribution in [1.29, 1.82) is 0 Å². The Morgan fingerprint density at radius 3 is 2.56 bits per heavy atom. The molecule has 6 heteroatoms. The van der Waals surface area contributed by atoms with Gasteiger partial charge in [0.1, 0.15) is 12.2 Å². The standard InChI is InChI=1S/C30H32N4O2/c1-20(31-28(35)18-23-17-16-21-10-6-7-13-24(21)23)30(36)33-27-19-34(2)26-15-9-8-14-25(26)29(32-27)22-11-4-3-5-12-22/h3-15,20,23,27H,16-19H2,1-2H3,(H,31,35)(H,33,36)/t20-,23?,27+/m0/s1. The third kappa shape index (κ3) is 5.03. The van der Waals surface area contributed by atoms with Crippen LogP contribution in [-0.2, 0) is 16.0 Å². The molecule has 3 atom stereocenters. The minimum Gasteiger partial charge on any atom is -0.370 e. The number of hydrogen-bond donors (Lipinski definition) is 2. The molecule has 0 fully saturated rings. The van der Waals surface area contributed by atoms with Crippen LogP contribution in [0.2, 0.25) is 0 Å². The number of para-hydroxylation sites is 1. The number of hydrogen-bond acceptors (Lipinski definition) is 4. The molecule has 0 saturated heterocycles. The summed E-state index contributed by atoms with van der Waals surface area (Å²) in [5.41, 5.74) is 6.52. The normalized spacial score (nSPS) is 19.4. The topological polar surface area (TPSA) is 73.8 Å². The van der Waals surface area contributed by atoms with Gasteiger partial charge >= 0.3 is 0 Å². The van der Waals surface area contributed by atoms with Gasteiger partial charge in [-0.1, -0.05) is 72.8 Å². The first-order valence-electron chi connectivity index (χ1n) is 12.6. The molecule has 1 aliphatic carbocycles. The van der Waals surface area contributed by atoms with E-state index in [4.69, 9.17) is 4.99 Å². The number of aryl methyl sites for hydroxylation is 1. The highest BCUT2D eigenvalue weighted by Crippen LogP contribution is 2.35. The molecule has 184 valence electrons. The number of amides is 2. The molecular weight excluding hydrogens is 448 g/mol. The van der Waals surface area contributed by atoms with E-state index in [9.17, 15) is 9.59 Å². The molecule has 3 aromatic carbocycles. The van der Waals surface area contributed by atoms with E-state index in [2.05, 4.69) is 39.8 Å². The molecule has 6 nitrogen and oxygen atoms in total. The Balaban J connectivity index is 1.27. The summed E-state index contributed by atoms with van der Waals surface area (Å²) < 4.78 is 0. The van der Waals surface area contributed by atoms with Crippen LogP contribution < -0.4 is 15.5 Å². The summed E-state index contributed by atoms with van der Waals surface area (Å²) in [4.78, 5) is 33.0. The fourth-order valence-electron chi connectivity index (χ4n) is 5.27. The van der Waals surface area contributed by atoms with Crippen LogP contribution >= 0.6 is 0 Å². The average molecular weight is 481 g/mol. The summed E-state index contributed by atoms with van der Waals surface area (Å²) in [5, 5.41) is 5.96. The monoisotopic (exact) mass is 480 g/mol. The number of nitrogens with one attached hydrogen (secondary N) is 2. The van der Waals surface area contributed by atoms with Gasteiger partial charge in [0.2, 0.25) is 11.8 Å². The van der Waals surface area contributed by atoms with Gasteiger partial charge in [-0.2, -0.15) is 0 Å². The van der Waals surface area contributed by atoms with Crippen molar-refractivity contribution in [3.63, 3.8) is 0 Å². The number of carbonyl (C=O) groups is 2. The van der Waals surface area contributed by atoms with Crippen molar-refractivity contribution < 1.29 is 9.59 Å². The molecule has 0 bridgehead atoms. The Morgan fingerprint density at radius 2 is 1.72 bits per heavy atom. The Morgan fingerprint density at radius 1 is 1.00 bits per heavy atom. The summed E-state index contributed by atoms with van der Waals surface area (Å²) in [7, 11) is 2.01. The maximum Gasteiger partial charge on any atom is 0.243 e. The van der Waals surface area contributed by atoms with Crippen LogP contribution in [0.3, 0.4) is 0 Å². The second-order valence-corrected chi connectivity index (χ2v) is 9.69. The first kappa shape index (κ1) is 23.8. The number of benzodiazepines with no additional fused rings is 1. The SMILES string of the molecule is C[C@H](NC(=O)CC1CCc2ccccc21)C(=O)N[C@@H]1CN(C)c2ccccc2C(c2ccccc2)=N1. The lowest BCUT2D eigenvalue weighted by molar-refractivity contribution is -0.129. The summed E-state index contributed by atoms with van der Waals surface area (Å²) >= 11 is 0. The molecule has 2 aliphatic rings. The molecule has 0 radical (unpaired) electrons. The zero-order chi connectivity index (χ0) is 25.1. The minimum atomic E-state index is -0.652. The second-order valence-electron chi connectivity index (χ2n) is 9.69. The van der Waals surface area contributed by atoms with E-state index in [1.54, 1.807) is 6.92 Å². The molecule has 1 aliphatic heterocycles. The molecule has 5 rings (SSSR count). The first-order chi connectivity index (χ1) is 17.5. The third-order valence-electron chi connectivity index (χ3n) is 7.12. The lowest BCUT2D eigenvalue weighted by Gasteiger charge is -2.24. The van der Waals surface area contributed by atoms with E-state index in [1.807, 2.05) is 61.6 Å². The zero-order valence-corrected chi connectivity index (χ0v) is 20.8. The number of aliphatic imine (C=N–C) groups is 1. The number of anilines is 1. The van der Waals surface area contributed by atoms with Crippen molar-refractivity contribution in [1.82, 2.24) is 10.6 Å². The number of carbonyl (C=O) groups excluding carboxylic acids is 2. The van der Waals surface area contributed by atoms with E-state index in [1.165, 1.54) is 11.1 Å². The summed E-state index contributed by atoms with van der Waals surface area (Å²) in [6, 6.07) is 25.8. The highest BCUT2D eigenvalue weighted by atomic mass is 16.2. The van der Waals surface area contributed by atoms with Gasteiger partial charge in [0, 0.05) is 30.3 Å². The van der Waals surface area contributed by atoms with Gasteiger partial charge in [0.15, 0.2) is 0 Å². The van der Waals surface area contributed by atoms with E-state index in [0.29, 0.717) is 13.0 Å². The van der Waals surface area contributed by atoms with E-state index >= 15 is 0 Å². The predicted octanol–water partition coefficient (Wildman–Crippen LogP) is 4.04. The quantitative estimate of drug-likeness (QED) is 0.559. The number of likely N-dealkylation sites (N-methyl/N-ethyl adjacent to an activating group) is 1. The largest absolute Gasteiger partial charge is 0.370 e. The van der Waals surface area contributed by atoms with Crippen LogP contribution in [0.15, 0.2) is 83.9 Å². The molecule has 1 heterocycles. The van der Waals surface area contributed by atoms with Gasteiger partial charge in [0.25, 0.3) is 0 Å². The molecule has 0 saturated carbocycles. The Hall–Kier alpha value is -3.93. The smallest absolute Gasteiger partial charge is 0.243 e. The minimum absolute atomic E-state index is 0.0989. The van der Waals surface area contributed by atoms with E-state index < -0.39 is 12.2 Å². The first-order valence-corrected chi connectivity index (χ1v) is 12.6. The Kier molecular flexibility index (Phi) is 6.85. The summed E-state index contributed by atoms with van der Waals surface area (Å²) in [5.74, 6) is -0.127. The van der Waals surface area contributed by atoms with Crippen LogP contribution in [0.4, 0.5) is 5.69 Å². The molecular formula is C30H32N4O2. The number of fused-ring (bicyclic) bond motifs is 2. The van der Waals surface area contributed by atoms with Crippen LogP contribution in [0.5, 0.6) is 0 Å². The molecule has 0 spiro atoms. The van der Waals surface area contributed by atoms with Crippen LogP contribution in [0.1, 0.15) is 47.9 Å². The maximum atomic E-state index is 13.1. The van der Waals surface area contributed by atoms with Crippen molar-refractivity contribution in [2.75, 3.05) is 18.5 Å². The molecule has 2 N–H and O–H groups in total. The van der Waals surface area contributed by atoms with Crippen molar-refractivity contribution in [3.8, 4) is 0 Å².